The van der Waals surface area contributed by atoms with Crippen molar-refractivity contribution in [1.29, 1.82) is 0 Å². The molecule has 0 spiro atoms. The maximum atomic E-state index is 12.3. The van der Waals surface area contributed by atoms with Crippen LogP contribution >= 0.6 is 0 Å². The summed E-state index contributed by atoms with van der Waals surface area (Å²) in [6.45, 7) is 0.136. The Hall–Kier alpha value is -1.27. The molecule has 1 fully saturated rings. The Labute approximate surface area is 122 Å². The van der Waals surface area contributed by atoms with Crippen molar-refractivity contribution in [2.24, 2.45) is 0 Å². The number of hydrogen-bond acceptors (Lipinski definition) is 3. The minimum atomic E-state index is -4.34. The predicted molar refractivity (Wildman–Crippen MR) is 73.1 cm³/mol. The van der Waals surface area contributed by atoms with Crippen LogP contribution in [0.5, 0.6) is 5.75 Å². The van der Waals surface area contributed by atoms with E-state index in [4.69, 9.17) is 4.74 Å². The van der Waals surface area contributed by atoms with E-state index in [1.54, 1.807) is 24.3 Å². The van der Waals surface area contributed by atoms with Gasteiger partial charge in [-0.05, 0) is 25.5 Å². The molecule has 0 aromatic heterocycles. The summed E-state index contributed by atoms with van der Waals surface area (Å²) in [5.74, 6) is 0.261. The summed E-state index contributed by atoms with van der Waals surface area (Å²) in [6.07, 6.45) is -1.30. The zero-order chi connectivity index (χ0) is 15.3. The molecule has 1 aromatic rings. The van der Waals surface area contributed by atoms with E-state index in [-0.39, 0.29) is 18.4 Å². The second-order valence-electron chi connectivity index (χ2n) is 5.31. The molecule has 1 heterocycles. The van der Waals surface area contributed by atoms with Crippen molar-refractivity contribution in [1.82, 2.24) is 4.90 Å². The molecule has 6 heteroatoms. The number of likely N-dealkylation sites (tertiary alicyclic amines) is 1. The fraction of sp³-hybridized carbons (Fsp3) is 0.600. The number of rotatable bonds is 5. The zero-order valence-electron chi connectivity index (χ0n) is 11.8. The lowest BCUT2D eigenvalue weighted by Crippen LogP contribution is -2.41. The molecule has 0 aliphatic carbocycles. The first kappa shape index (κ1) is 16.1. The predicted octanol–water partition coefficient (Wildman–Crippen LogP) is 2.97. The van der Waals surface area contributed by atoms with E-state index < -0.39 is 12.8 Å². The number of benzene rings is 1. The van der Waals surface area contributed by atoms with Gasteiger partial charge in [-0.1, -0.05) is 24.6 Å². The van der Waals surface area contributed by atoms with Gasteiger partial charge in [0.15, 0.2) is 6.61 Å². The Bertz CT molecular complexity index is 451. The van der Waals surface area contributed by atoms with E-state index in [2.05, 4.69) is 4.90 Å². The van der Waals surface area contributed by atoms with Crippen molar-refractivity contribution in [2.75, 3.05) is 19.8 Å². The van der Waals surface area contributed by atoms with Crippen LogP contribution in [0.2, 0.25) is 0 Å². The third-order valence-electron chi connectivity index (χ3n) is 3.70. The van der Waals surface area contributed by atoms with Gasteiger partial charge in [0, 0.05) is 18.2 Å². The summed E-state index contributed by atoms with van der Waals surface area (Å²) < 4.78 is 41.7. The maximum Gasteiger partial charge on any atom is 0.422 e. The standard InChI is InChI=1S/C15H20F3NO2/c16-15(17,18)11-21-14-7-2-1-5-12(14)9-19-8-4-3-6-13(19)10-20/h1-2,5,7,13,20H,3-4,6,8-11H2. The molecule has 1 aliphatic rings. The van der Waals surface area contributed by atoms with E-state index in [1.807, 2.05) is 0 Å². The number of piperidine rings is 1. The molecule has 21 heavy (non-hydrogen) atoms. The van der Waals surface area contributed by atoms with Crippen molar-refractivity contribution in [3.8, 4) is 5.75 Å². The summed E-state index contributed by atoms with van der Waals surface area (Å²) in [5, 5.41) is 9.40. The SMILES string of the molecule is OCC1CCCCN1Cc1ccccc1OCC(F)(F)F. The number of halogens is 3. The molecular weight excluding hydrogens is 283 g/mol. The van der Waals surface area contributed by atoms with Crippen LogP contribution in [0, 0.1) is 0 Å². The Morgan fingerprint density at radius 3 is 2.71 bits per heavy atom. The van der Waals surface area contributed by atoms with Gasteiger partial charge < -0.3 is 9.84 Å². The normalized spacial score (nSPS) is 20.5. The number of alkyl halides is 3. The average molecular weight is 303 g/mol. The highest BCUT2D eigenvalue weighted by Crippen LogP contribution is 2.26. The molecule has 0 amide bonds. The minimum absolute atomic E-state index is 0.0750. The molecule has 0 radical (unpaired) electrons. The Morgan fingerprint density at radius 2 is 2.00 bits per heavy atom. The van der Waals surface area contributed by atoms with E-state index in [0.717, 1.165) is 31.4 Å². The van der Waals surface area contributed by atoms with E-state index in [1.165, 1.54) is 0 Å². The molecule has 0 saturated carbocycles. The molecule has 1 aromatic carbocycles. The van der Waals surface area contributed by atoms with Gasteiger partial charge in [0.25, 0.3) is 0 Å². The minimum Gasteiger partial charge on any atom is -0.484 e. The van der Waals surface area contributed by atoms with Crippen LogP contribution < -0.4 is 4.74 Å². The fourth-order valence-corrected chi connectivity index (χ4v) is 2.63. The highest BCUT2D eigenvalue weighted by atomic mass is 19.4. The van der Waals surface area contributed by atoms with Crippen LogP contribution in [-0.4, -0.2) is 42.0 Å². The summed E-state index contributed by atoms with van der Waals surface area (Å²) >= 11 is 0. The molecule has 2 rings (SSSR count). The molecule has 0 bridgehead atoms. The summed E-state index contributed by atoms with van der Waals surface area (Å²) in [4.78, 5) is 2.11. The fourth-order valence-electron chi connectivity index (χ4n) is 2.63. The molecular formula is C15H20F3NO2. The van der Waals surface area contributed by atoms with Crippen molar-refractivity contribution >= 4 is 0 Å². The second-order valence-corrected chi connectivity index (χ2v) is 5.31. The van der Waals surface area contributed by atoms with Gasteiger partial charge in [-0.25, -0.2) is 0 Å². The monoisotopic (exact) mass is 303 g/mol. The molecule has 1 unspecified atom stereocenters. The number of ether oxygens (including phenoxy) is 1. The Morgan fingerprint density at radius 1 is 1.24 bits per heavy atom. The smallest absolute Gasteiger partial charge is 0.422 e. The highest BCUT2D eigenvalue weighted by Gasteiger charge is 2.29. The van der Waals surface area contributed by atoms with E-state index in [0.29, 0.717) is 6.54 Å². The lowest BCUT2D eigenvalue weighted by molar-refractivity contribution is -0.153. The highest BCUT2D eigenvalue weighted by molar-refractivity contribution is 5.33. The topological polar surface area (TPSA) is 32.7 Å². The third kappa shape index (κ3) is 4.89. The Kier molecular flexibility index (Phi) is 5.47. The van der Waals surface area contributed by atoms with Crippen molar-refractivity contribution < 1.29 is 23.0 Å². The van der Waals surface area contributed by atoms with Gasteiger partial charge in [0.2, 0.25) is 0 Å². The molecule has 1 N–H and O–H groups in total. The van der Waals surface area contributed by atoms with Gasteiger partial charge in [-0.15, -0.1) is 0 Å². The lowest BCUT2D eigenvalue weighted by atomic mass is 10.0. The van der Waals surface area contributed by atoms with Crippen LogP contribution in [-0.2, 0) is 6.54 Å². The zero-order valence-corrected chi connectivity index (χ0v) is 11.8. The molecule has 1 atom stereocenters. The summed E-state index contributed by atoms with van der Waals surface area (Å²) in [7, 11) is 0. The largest absolute Gasteiger partial charge is 0.484 e. The lowest BCUT2D eigenvalue weighted by Gasteiger charge is -2.34. The Balaban J connectivity index is 2.05. The van der Waals surface area contributed by atoms with E-state index in [9.17, 15) is 18.3 Å². The van der Waals surface area contributed by atoms with Gasteiger partial charge in [-0.3, -0.25) is 4.90 Å². The molecule has 1 saturated heterocycles. The van der Waals surface area contributed by atoms with Crippen LogP contribution in [0.15, 0.2) is 24.3 Å². The number of nitrogens with zero attached hydrogens (tertiary/aromatic N) is 1. The van der Waals surface area contributed by atoms with Crippen LogP contribution in [0.25, 0.3) is 0 Å². The first-order valence-electron chi connectivity index (χ1n) is 7.12. The second kappa shape index (κ2) is 7.13. The van der Waals surface area contributed by atoms with Crippen molar-refractivity contribution in [3.63, 3.8) is 0 Å². The number of aliphatic hydroxyl groups excluding tert-OH is 1. The van der Waals surface area contributed by atoms with Crippen molar-refractivity contribution in [2.45, 2.75) is 38.0 Å². The van der Waals surface area contributed by atoms with Crippen LogP contribution in [0.4, 0.5) is 13.2 Å². The van der Waals surface area contributed by atoms with Gasteiger partial charge >= 0.3 is 6.18 Å². The third-order valence-corrected chi connectivity index (χ3v) is 3.70. The van der Waals surface area contributed by atoms with E-state index >= 15 is 0 Å². The van der Waals surface area contributed by atoms with Gasteiger partial charge in [0.1, 0.15) is 5.75 Å². The van der Waals surface area contributed by atoms with Crippen LogP contribution in [0.1, 0.15) is 24.8 Å². The molecule has 118 valence electrons. The number of para-hydroxylation sites is 1. The summed E-state index contributed by atoms with van der Waals surface area (Å²) in [6, 6.07) is 6.85. The van der Waals surface area contributed by atoms with Crippen molar-refractivity contribution in [3.05, 3.63) is 29.8 Å². The number of hydrogen-bond donors (Lipinski definition) is 1. The average Bonchev–Trinajstić information content (AvgIpc) is 2.46. The van der Waals surface area contributed by atoms with Crippen LogP contribution in [0.3, 0.4) is 0 Å². The van der Waals surface area contributed by atoms with Gasteiger partial charge in [-0.2, -0.15) is 13.2 Å². The molecule has 1 aliphatic heterocycles. The first-order valence-corrected chi connectivity index (χ1v) is 7.12. The first-order chi connectivity index (χ1) is 9.99. The maximum absolute atomic E-state index is 12.3. The number of aliphatic hydroxyl groups is 1. The summed E-state index contributed by atoms with van der Waals surface area (Å²) in [5.41, 5.74) is 0.724. The molecule has 3 nitrogen and oxygen atoms in total. The quantitative estimate of drug-likeness (QED) is 0.908. The van der Waals surface area contributed by atoms with Gasteiger partial charge in [0.05, 0.1) is 6.61 Å².